The predicted octanol–water partition coefficient (Wildman–Crippen LogP) is 4.30. The van der Waals surface area contributed by atoms with Crippen molar-refractivity contribution in [2.45, 2.75) is 0 Å². The van der Waals surface area contributed by atoms with E-state index in [1.54, 1.807) is 61.7 Å². The lowest BCUT2D eigenvalue weighted by Gasteiger charge is -2.11. The van der Waals surface area contributed by atoms with Crippen molar-refractivity contribution in [3.05, 3.63) is 90.5 Å². The van der Waals surface area contributed by atoms with Crippen LogP contribution in [0.1, 0.15) is 20.7 Å². The molecule has 0 aliphatic carbocycles. The zero-order chi connectivity index (χ0) is 26.6. The number of carbonyl (C=O) groups is 2. The highest BCUT2D eigenvalue weighted by molar-refractivity contribution is 6.11. The molecule has 188 valence electrons. The van der Waals surface area contributed by atoms with Crippen LogP contribution < -0.4 is 15.8 Å². The highest BCUT2D eigenvalue weighted by atomic mass is 16.5. The summed E-state index contributed by atoms with van der Waals surface area (Å²) in [7, 11) is 1.55. The number of hydrogen-bond donors (Lipinski definition) is 3. The van der Waals surface area contributed by atoms with Crippen LogP contribution in [0.3, 0.4) is 0 Å². The molecule has 0 atom stereocenters. The average Bonchev–Trinajstić information content (AvgIpc) is 3.37. The number of phenolic OH excluding ortho intramolecular Hbond substituents is 1. The minimum Gasteiger partial charge on any atom is -0.505 e. The summed E-state index contributed by atoms with van der Waals surface area (Å²) in [6.45, 7) is 0. The van der Waals surface area contributed by atoms with Crippen molar-refractivity contribution in [2.75, 3.05) is 12.4 Å². The first kappa shape index (κ1) is 24.1. The van der Waals surface area contributed by atoms with E-state index in [9.17, 15) is 14.7 Å². The highest BCUT2D eigenvalue weighted by Gasteiger charge is 2.21. The molecule has 0 aliphatic heterocycles. The number of fused-ring (bicyclic) bond motifs is 1. The number of nitrogens with two attached hydrogens (primary N) is 1. The molecule has 0 saturated heterocycles. The van der Waals surface area contributed by atoms with E-state index in [4.69, 9.17) is 10.5 Å². The van der Waals surface area contributed by atoms with Gasteiger partial charge in [-0.3, -0.25) is 14.6 Å². The number of amides is 2. The van der Waals surface area contributed by atoms with Gasteiger partial charge in [0.1, 0.15) is 17.0 Å². The number of hydrogen-bond acceptors (Lipinski definition) is 9. The molecule has 5 rings (SSSR count). The molecule has 0 bridgehead atoms. The molecule has 0 spiro atoms. The van der Waals surface area contributed by atoms with Crippen LogP contribution in [-0.4, -0.2) is 43.8 Å². The summed E-state index contributed by atoms with van der Waals surface area (Å²) in [5.41, 5.74) is 6.00. The number of anilines is 1. The fourth-order valence-electron chi connectivity index (χ4n) is 3.74. The minimum atomic E-state index is -0.782. The molecular weight excluding hydrogens is 488 g/mol. The molecular formula is C26H20N8O4. The van der Waals surface area contributed by atoms with Crippen molar-refractivity contribution in [2.24, 2.45) is 16.0 Å². The number of primary amides is 1. The third kappa shape index (κ3) is 4.60. The van der Waals surface area contributed by atoms with Crippen molar-refractivity contribution < 1.29 is 19.4 Å². The molecule has 12 heteroatoms. The number of benzene rings is 3. The summed E-state index contributed by atoms with van der Waals surface area (Å²) < 4.78 is 6.39. The van der Waals surface area contributed by atoms with E-state index in [1.807, 2.05) is 0 Å². The lowest BCUT2D eigenvalue weighted by molar-refractivity contribution is 0.0997. The van der Waals surface area contributed by atoms with Gasteiger partial charge in [-0.05, 0) is 35.7 Å². The quantitative estimate of drug-likeness (QED) is 0.275. The van der Waals surface area contributed by atoms with Gasteiger partial charge < -0.3 is 20.9 Å². The largest absolute Gasteiger partial charge is 0.505 e. The van der Waals surface area contributed by atoms with Crippen LogP contribution >= 0.6 is 0 Å². The smallest absolute Gasteiger partial charge is 0.259 e. The molecule has 0 radical (unpaired) electrons. The number of carbonyl (C=O) groups excluding carboxylic acids is 2. The van der Waals surface area contributed by atoms with Gasteiger partial charge >= 0.3 is 0 Å². The van der Waals surface area contributed by atoms with E-state index >= 15 is 0 Å². The molecule has 12 nitrogen and oxygen atoms in total. The number of methoxy groups -OCH3 is 1. The predicted molar refractivity (Wildman–Crippen MR) is 138 cm³/mol. The van der Waals surface area contributed by atoms with Gasteiger partial charge in [0.05, 0.1) is 25.1 Å². The second kappa shape index (κ2) is 10.1. The van der Waals surface area contributed by atoms with E-state index < -0.39 is 17.6 Å². The third-order valence-electron chi connectivity index (χ3n) is 5.61. The van der Waals surface area contributed by atoms with E-state index in [-0.39, 0.29) is 28.5 Å². The van der Waals surface area contributed by atoms with Crippen LogP contribution in [0.25, 0.3) is 16.6 Å². The monoisotopic (exact) mass is 508 g/mol. The van der Waals surface area contributed by atoms with Crippen molar-refractivity contribution in [1.29, 1.82) is 0 Å². The maximum absolute atomic E-state index is 13.1. The van der Waals surface area contributed by atoms with Crippen LogP contribution in [-0.2, 0) is 0 Å². The zero-order valence-corrected chi connectivity index (χ0v) is 19.9. The first-order valence-electron chi connectivity index (χ1n) is 11.2. The standard InChI is InChI=1S/C26H20N8O4/c1-38-17-8-6-16(7-9-17)31-26(37)19-12-15-4-2-3-5-18(15)22(23(19)35)32-33-25-20(24(27)36)13-30-34(25)21-14-28-10-11-29-21/h2-14,35H,1H3,(H2,27,36)(H,31,37). The number of phenols is 1. The Kier molecular flexibility index (Phi) is 6.42. The number of nitrogens with one attached hydrogen (secondary N) is 1. The zero-order valence-electron chi connectivity index (χ0n) is 19.9. The van der Waals surface area contributed by atoms with E-state index in [0.29, 0.717) is 22.2 Å². The van der Waals surface area contributed by atoms with Gasteiger partial charge in [0.15, 0.2) is 17.4 Å². The minimum absolute atomic E-state index is 0.0170. The van der Waals surface area contributed by atoms with Crippen molar-refractivity contribution in [1.82, 2.24) is 19.7 Å². The number of ether oxygens (including phenoxy) is 1. The molecule has 2 heterocycles. The van der Waals surface area contributed by atoms with E-state index in [2.05, 4.69) is 30.6 Å². The molecule has 0 aliphatic rings. The average molecular weight is 508 g/mol. The van der Waals surface area contributed by atoms with Gasteiger partial charge in [-0.15, -0.1) is 10.2 Å². The van der Waals surface area contributed by atoms with Gasteiger partial charge in [-0.1, -0.05) is 24.3 Å². The molecule has 0 saturated carbocycles. The van der Waals surface area contributed by atoms with Crippen LogP contribution in [0.2, 0.25) is 0 Å². The van der Waals surface area contributed by atoms with Gasteiger partial charge in [-0.2, -0.15) is 9.78 Å². The third-order valence-corrected chi connectivity index (χ3v) is 5.61. The summed E-state index contributed by atoms with van der Waals surface area (Å²) in [6.07, 6.45) is 5.60. The Hall–Kier alpha value is -5.65. The molecule has 3 aromatic carbocycles. The normalized spacial score (nSPS) is 11.1. The number of azo groups is 1. The Bertz CT molecular complexity index is 1680. The van der Waals surface area contributed by atoms with Gasteiger partial charge in [0, 0.05) is 23.5 Å². The lowest BCUT2D eigenvalue weighted by atomic mass is 10.0. The molecule has 2 aromatic heterocycles. The number of nitrogens with zero attached hydrogens (tertiary/aromatic N) is 6. The van der Waals surface area contributed by atoms with Crippen molar-refractivity contribution in [3.63, 3.8) is 0 Å². The van der Waals surface area contributed by atoms with Crippen molar-refractivity contribution in [3.8, 4) is 17.3 Å². The van der Waals surface area contributed by atoms with Crippen LogP contribution in [0.4, 0.5) is 17.2 Å². The Morgan fingerprint density at radius 2 is 1.82 bits per heavy atom. The Labute approximate surface area is 215 Å². The topological polar surface area (TPSA) is 170 Å². The fourth-order valence-corrected chi connectivity index (χ4v) is 3.74. The summed E-state index contributed by atoms with van der Waals surface area (Å²) >= 11 is 0. The second-order valence-electron chi connectivity index (χ2n) is 7.95. The maximum Gasteiger partial charge on any atom is 0.259 e. The molecule has 38 heavy (non-hydrogen) atoms. The van der Waals surface area contributed by atoms with Crippen LogP contribution in [0, 0.1) is 0 Å². The second-order valence-corrected chi connectivity index (χ2v) is 7.95. The molecule has 0 unspecified atom stereocenters. The number of aromatic nitrogens is 4. The SMILES string of the molecule is COc1ccc(NC(=O)c2cc3ccccc3c(N=Nc3c(C(N)=O)cnn3-c3cnccn3)c2O)cc1. The summed E-state index contributed by atoms with van der Waals surface area (Å²) in [4.78, 5) is 33.3. The lowest BCUT2D eigenvalue weighted by Crippen LogP contribution is -2.12. The Morgan fingerprint density at radius 1 is 1.03 bits per heavy atom. The molecule has 0 fully saturated rings. The summed E-state index contributed by atoms with van der Waals surface area (Å²) in [5.74, 6) is -0.849. The fraction of sp³-hybridized carbons (Fsp3) is 0.0385. The van der Waals surface area contributed by atoms with E-state index in [1.165, 1.54) is 29.5 Å². The number of aromatic hydroxyl groups is 1. The van der Waals surface area contributed by atoms with Crippen LogP contribution in [0.15, 0.2) is 89.6 Å². The van der Waals surface area contributed by atoms with Gasteiger partial charge in [-0.25, -0.2) is 4.98 Å². The number of rotatable bonds is 7. The first-order valence-corrected chi connectivity index (χ1v) is 11.2. The summed E-state index contributed by atoms with van der Waals surface area (Å²) in [5, 5.41) is 27.6. The van der Waals surface area contributed by atoms with Gasteiger partial charge in [0.2, 0.25) is 0 Å². The van der Waals surface area contributed by atoms with Gasteiger partial charge in [0.25, 0.3) is 11.8 Å². The Balaban J connectivity index is 1.59. The maximum atomic E-state index is 13.1. The molecule has 2 amide bonds. The molecule has 4 N–H and O–H groups in total. The molecule has 5 aromatic rings. The van der Waals surface area contributed by atoms with Crippen molar-refractivity contribution >= 4 is 39.8 Å². The first-order chi connectivity index (χ1) is 18.5. The summed E-state index contributed by atoms with van der Waals surface area (Å²) in [6, 6.07) is 15.4. The Morgan fingerprint density at radius 3 is 2.53 bits per heavy atom. The van der Waals surface area contributed by atoms with Crippen LogP contribution in [0.5, 0.6) is 11.5 Å². The van der Waals surface area contributed by atoms with E-state index in [0.717, 1.165) is 0 Å². The highest BCUT2D eigenvalue weighted by Crippen LogP contribution is 2.40.